The second-order valence-corrected chi connectivity index (χ2v) is 1.07. The fourth-order valence-electron chi connectivity index (χ4n) is 0. The number of hydrogen-bond donors (Lipinski definition) is 4. The molecular formula is C3H10N4O. The van der Waals surface area contributed by atoms with Crippen LogP contribution in [0.1, 0.15) is 6.92 Å². The van der Waals surface area contributed by atoms with Gasteiger partial charge in [-0.1, -0.05) is 0 Å². The van der Waals surface area contributed by atoms with Crippen molar-refractivity contribution in [3.05, 3.63) is 0 Å². The van der Waals surface area contributed by atoms with Gasteiger partial charge >= 0.3 is 0 Å². The average molecular weight is 118 g/mol. The molecule has 8 heavy (non-hydrogen) atoms. The number of hydrogen-bond acceptors (Lipinski definition) is 2. The van der Waals surface area contributed by atoms with Crippen molar-refractivity contribution in [2.75, 3.05) is 0 Å². The molecule has 0 aliphatic rings. The molecule has 0 bridgehead atoms. The summed E-state index contributed by atoms with van der Waals surface area (Å²) in [5.41, 5.74) is 13.4. The van der Waals surface area contributed by atoms with Crippen molar-refractivity contribution in [2.24, 2.45) is 17.2 Å². The van der Waals surface area contributed by atoms with Crippen molar-refractivity contribution < 1.29 is 4.79 Å². The first-order valence-electron chi connectivity index (χ1n) is 1.82. The third kappa shape index (κ3) is 41.8. The summed E-state index contributed by atoms with van der Waals surface area (Å²) in [4.78, 5) is 9.22. The predicted octanol–water partition coefficient (Wildman–Crippen LogP) is -1.67. The molecule has 0 unspecified atom stereocenters. The number of nitrogens with two attached hydrogens (primary N) is 3. The highest BCUT2D eigenvalue weighted by molar-refractivity contribution is 5.71. The Labute approximate surface area is 47.3 Å². The maximum Gasteiger partial charge on any atom is 0.214 e. The molecule has 0 spiro atoms. The van der Waals surface area contributed by atoms with Gasteiger partial charge in [-0.25, -0.2) is 0 Å². The monoisotopic (exact) mass is 118 g/mol. The smallest absolute Gasteiger partial charge is 0.214 e. The van der Waals surface area contributed by atoms with Crippen LogP contribution in [0.4, 0.5) is 0 Å². The zero-order valence-electron chi connectivity index (χ0n) is 4.64. The van der Waals surface area contributed by atoms with E-state index in [1.807, 2.05) is 0 Å². The molecule has 0 aromatic rings. The van der Waals surface area contributed by atoms with E-state index in [0.717, 1.165) is 0 Å². The van der Waals surface area contributed by atoms with Crippen LogP contribution in [-0.4, -0.2) is 11.9 Å². The van der Waals surface area contributed by atoms with E-state index in [1.165, 1.54) is 6.92 Å². The predicted molar refractivity (Wildman–Crippen MR) is 31.0 cm³/mol. The molecule has 0 radical (unpaired) electrons. The van der Waals surface area contributed by atoms with Crippen LogP contribution >= 0.6 is 0 Å². The van der Waals surface area contributed by atoms with Crippen LogP contribution in [0.3, 0.4) is 0 Å². The van der Waals surface area contributed by atoms with Gasteiger partial charge in [-0.2, -0.15) is 0 Å². The van der Waals surface area contributed by atoms with Gasteiger partial charge in [0.25, 0.3) is 0 Å². The Hall–Kier alpha value is -1.26. The molecule has 0 aliphatic carbocycles. The van der Waals surface area contributed by atoms with Gasteiger partial charge in [-0.05, 0) is 0 Å². The first kappa shape index (κ1) is 9.88. The fourth-order valence-corrected chi connectivity index (χ4v) is 0. The minimum atomic E-state index is -0.333. The number of primary amides is 1. The van der Waals surface area contributed by atoms with Gasteiger partial charge in [0.1, 0.15) is 0 Å². The molecule has 0 saturated carbocycles. The Morgan fingerprint density at radius 1 is 1.38 bits per heavy atom. The van der Waals surface area contributed by atoms with Crippen molar-refractivity contribution in [3.63, 3.8) is 0 Å². The van der Waals surface area contributed by atoms with Crippen molar-refractivity contribution in [3.8, 4) is 0 Å². The number of nitrogens with one attached hydrogen (secondary N) is 1. The maximum absolute atomic E-state index is 9.22. The summed E-state index contributed by atoms with van der Waals surface area (Å²) in [7, 11) is 0. The van der Waals surface area contributed by atoms with E-state index >= 15 is 0 Å². The maximum atomic E-state index is 9.22. The van der Waals surface area contributed by atoms with E-state index in [4.69, 9.17) is 5.41 Å². The highest BCUT2D eigenvalue weighted by Gasteiger charge is 1.61. The summed E-state index contributed by atoms with van der Waals surface area (Å²) >= 11 is 0. The topological polar surface area (TPSA) is 119 Å². The zero-order chi connectivity index (χ0) is 7.15. The van der Waals surface area contributed by atoms with Crippen LogP contribution in [-0.2, 0) is 4.79 Å². The van der Waals surface area contributed by atoms with E-state index in [1.54, 1.807) is 0 Å². The number of guanidine groups is 1. The molecule has 0 fully saturated rings. The minimum Gasteiger partial charge on any atom is -0.370 e. The van der Waals surface area contributed by atoms with Crippen molar-refractivity contribution in [1.82, 2.24) is 0 Å². The van der Waals surface area contributed by atoms with Gasteiger partial charge in [-0.3, -0.25) is 10.2 Å². The standard InChI is InChI=1S/C2H5NO.CH5N3/c1-2(3)4;2-1(3)4/h1H3,(H2,3,4);(H5,2,3,4). The molecule has 0 rings (SSSR count). The molecule has 0 aromatic heterocycles. The molecule has 0 saturated heterocycles. The van der Waals surface area contributed by atoms with Gasteiger partial charge in [0.2, 0.25) is 5.91 Å². The lowest BCUT2D eigenvalue weighted by Gasteiger charge is -1.69. The number of carbonyl (C=O) groups excluding carboxylic acids is 1. The lowest BCUT2D eigenvalue weighted by molar-refractivity contribution is -0.115. The van der Waals surface area contributed by atoms with Gasteiger partial charge in [-0.15, -0.1) is 0 Å². The highest BCUT2D eigenvalue weighted by atomic mass is 16.1. The molecule has 0 atom stereocenters. The van der Waals surface area contributed by atoms with Gasteiger partial charge in [0.05, 0.1) is 0 Å². The summed E-state index contributed by atoms with van der Waals surface area (Å²) in [6.45, 7) is 1.31. The Balaban J connectivity index is 0. The second-order valence-electron chi connectivity index (χ2n) is 1.07. The van der Waals surface area contributed by atoms with E-state index < -0.39 is 0 Å². The molecule has 1 amide bonds. The Morgan fingerprint density at radius 3 is 1.38 bits per heavy atom. The quantitative estimate of drug-likeness (QED) is 0.225. The molecule has 0 aromatic carbocycles. The summed E-state index contributed by atoms with van der Waals surface area (Å²) in [5.74, 6) is -0.667. The van der Waals surface area contributed by atoms with E-state index in [-0.39, 0.29) is 11.9 Å². The van der Waals surface area contributed by atoms with Crippen LogP contribution in [0, 0.1) is 5.41 Å². The van der Waals surface area contributed by atoms with Gasteiger partial charge in [0.15, 0.2) is 5.96 Å². The number of rotatable bonds is 0. The second kappa shape index (κ2) is 5.74. The van der Waals surface area contributed by atoms with Crippen molar-refractivity contribution in [1.29, 1.82) is 5.41 Å². The summed E-state index contributed by atoms with van der Waals surface area (Å²) < 4.78 is 0. The Bertz CT molecular complexity index is 69.3. The normalized spacial score (nSPS) is 6.12. The summed E-state index contributed by atoms with van der Waals surface area (Å²) in [6.07, 6.45) is 0. The lowest BCUT2D eigenvalue weighted by Crippen LogP contribution is -2.20. The number of carbonyl (C=O) groups is 1. The van der Waals surface area contributed by atoms with E-state index in [2.05, 4.69) is 17.2 Å². The SMILES string of the molecule is CC(N)=O.N=C(N)N. The molecule has 5 nitrogen and oxygen atoms in total. The van der Waals surface area contributed by atoms with E-state index in [9.17, 15) is 4.79 Å². The molecule has 5 heteroatoms. The van der Waals surface area contributed by atoms with Crippen molar-refractivity contribution in [2.45, 2.75) is 6.92 Å². The van der Waals surface area contributed by atoms with Crippen molar-refractivity contribution >= 4 is 11.9 Å². The molecule has 7 N–H and O–H groups in total. The average Bonchev–Trinajstić information content (AvgIpc) is 1.25. The summed E-state index contributed by atoms with van der Waals surface area (Å²) in [6, 6.07) is 0. The summed E-state index contributed by atoms with van der Waals surface area (Å²) in [5, 5.41) is 6.06. The third-order valence-electron chi connectivity index (χ3n) is 0. The highest BCUT2D eigenvalue weighted by Crippen LogP contribution is 1.33. The number of amides is 1. The Kier molecular flexibility index (Phi) is 7.09. The van der Waals surface area contributed by atoms with Crippen LogP contribution in [0.5, 0.6) is 0 Å². The van der Waals surface area contributed by atoms with Crippen LogP contribution in [0.25, 0.3) is 0 Å². The first-order valence-corrected chi connectivity index (χ1v) is 1.82. The molecule has 0 heterocycles. The van der Waals surface area contributed by atoms with Crippen LogP contribution in [0.2, 0.25) is 0 Å². The third-order valence-corrected chi connectivity index (χ3v) is 0. The van der Waals surface area contributed by atoms with Gasteiger partial charge < -0.3 is 17.2 Å². The molecule has 48 valence electrons. The zero-order valence-corrected chi connectivity index (χ0v) is 4.64. The van der Waals surface area contributed by atoms with E-state index in [0.29, 0.717) is 0 Å². The lowest BCUT2D eigenvalue weighted by atomic mass is 10.8. The van der Waals surface area contributed by atoms with Gasteiger partial charge in [0, 0.05) is 6.92 Å². The molecule has 0 aliphatic heterocycles. The Morgan fingerprint density at radius 2 is 1.38 bits per heavy atom. The first-order chi connectivity index (χ1) is 3.46. The van der Waals surface area contributed by atoms with Crippen LogP contribution < -0.4 is 17.2 Å². The largest absolute Gasteiger partial charge is 0.370 e. The molecular weight excluding hydrogens is 108 g/mol. The minimum absolute atomic E-state index is 0.333. The fraction of sp³-hybridized carbons (Fsp3) is 0.333. The van der Waals surface area contributed by atoms with Crippen LogP contribution in [0.15, 0.2) is 0 Å².